The molecule has 4 nitrogen and oxygen atoms in total. The third-order valence-electron chi connectivity index (χ3n) is 4.04. The summed E-state index contributed by atoms with van der Waals surface area (Å²) in [5.74, 6) is -1.56. The number of nitrogens with two attached hydrogens (primary N) is 1. The molecule has 1 rings (SSSR count). The van der Waals surface area contributed by atoms with Crippen LogP contribution in [0.5, 0.6) is 0 Å². The van der Waals surface area contributed by atoms with Crippen LogP contribution >= 0.6 is 0 Å². The summed E-state index contributed by atoms with van der Waals surface area (Å²) in [6.07, 6.45) is 1.09. The lowest BCUT2D eigenvalue weighted by atomic mass is 9.65. The Morgan fingerprint density at radius 1 is 1.36 bits per heavy atom. The summed E-state index contributed by atoms with van der Waals surface area (Å²) in [6.45, 7) is 5.31. The van der Waals surface area contributed by atoms with E-state index in [1.54, 1.807) is 6.92 Å². The van der Waals surface area contributed by atoms with Crippen molar-refractivity contribution in [2.24, 2.45) is 22.5 Å². The van der Waals surface area contributed by atoms with Gasteiger partial charge in [-0.05, 0) is 25.2 Å². The Morgan fingerprint density at radius 2 is 1.86 bits per heavy atom. The van der Waals surface area contributed by atoms with Crippen LogP contribution in [-0.4, -0.2) is 17.0 Å². The summed E-state index contributed by atoms with van der Waals surface area (Å²) in [5.41, 5.74) is 3.86. The molecule has 0 saturated heterocycles. The third kappa shape index (κ3) is 1.21. The number of amides is 1. The van der Waals surface area contributed by atoms with Gasteiger partial charge in [-0.15, -0.1) is 0 Å². The van der Waals surface area contributed by atoms with E-state index < -0.39 is 16.8 Å². The highest BCUT2D eigenvalue weighted by Gasteiger charge is 2.57. The van der Waals surface area contributed by atoms with Crippen molar-refractivity contribution in [3.8, 4) is 0 Å². The molecule has 3 N–H and O–H groups in total. The topological polar surface area (TPSA) is 80.4 Å². The Labute approximate surface area is 83.5 Å². The summed E-state index contributed by atoms with van der Waals surface area (Å²) in [7, 11) is 0. The smallest absolute Gasteiger partial charge is 0.309 e. The maximum Gasteiger partial charge on any atom is 0.309 e. The first kappa shape index (κ1) is 11.0. The molecule has 1 aliphatic carbocycles. The predicted octanol–water partition coefficient (Wildman–Crippen LogP) is 0.999. The van der Waals surface area contributed by atoms with Crippen LogP contribution in [0.15, 0.2) is 0 Å². The largest absolute Gasteiger partial charge is 0.481 e. The quantitative estimate of drug-likeness (QED) is 0.696. The van der Waals surface area contributed by atoms with E-state index >= 15 is 0 Å². The fourth-order valence-electron chi connectivity index (χ4n) is 2.38. The first-order chi connectivity index (χ1) is 6.23. The number of carboxylic acids is 1. The van der Waals surface area contributed by atoms with Gasteiger partial charge in [0, 0.05) is 5.92 Å². The van der Waals surface area contributed by atoms with Gasteiger partial charge in [0.25, 0.3) is 0 Å². The van der Waals surface area contributed by atoms with Crippen LogP contribution < -0.4 is 5.73 Å². The number of primary amides is 1. The second kappa shape index (κ2) is 2.97. The minimum Gasteiger partial charge on any atom is -0.481 e. The monoisotopic (exact) mass is 199 g/mol. The lowest BCUT2D eigenvalue weighted by Gasteiger charge is -2.37. The molecule has 0 radical (unpaired) electrons. The fraction of sp³-hybridized carbons (Fsp3) is 0.800. The molecule has 0 aromatic heterocycles. The van der Waals surface area contributed by atoms with Crippen LogP contribution in [0.25, 0.3) is 0 Å². The number of hydrogen-bond acceptors (Lipinski definition) is 2. The Balaban J connectivity index is 3.08. The minimum absolute atomic E-state index is 0.330. The Kier molecular flexibility index (Phi) is 2.34. The fourth-order valence-corrected chi connectivity index (χ4v) is 2.38. The van der Waals surface area contributed by atoms with Gasteiger partial charge in [0.1, 0.15) is 0 Å². The molecule has 0 spiro atoms. The van der Waals surface area contributed by atoms with Crippen molar-refractivity contribution < 1.29 is 14.7 Å². The third-order valence-corrected chi connectivity index (χ3v) is 4.04. The highest BCUT2D eigenvalue weighted by atomic mass is 16.4. The predicted molar refractivity (Wildman–Crippen MR) is 51.4 cm³/mol. The van der Waals surface area contributed by atoms with Crippen molar-refractivity contribution in [2.75, 3.05) is 0 Å². The first-order valence-electron chi connectivity index (χ1n) is 4.76. The van der Waals surface area contributed by atoms with Crippen LogP contribution in [0.1, 0.15) is 33.6 Å². The van der Waals surface area contributed by atoms with E-state index in [2.05, 4.69) is 0 Å². The van der Waals surface area contributed by atoms with Gasteiger partial charge < -0.3 is 10.8 Å². The Bertz CT molecular complexity index is 285. The van der Waals surface area contributed by atoms with Crippen LogP contribution in [0.2, 0.25) is 0 Å². The van der Waals surface area contributed by atoms with Gasteiger partial charge in [0.15, 0.2) is 0 Å². The molecule has 4 heteroatoms. The minimum atomic E-state index is -0.841. The molecule has 1 fully saturated rings. The Morgan fingerprint density at radius 3 is 2.07 bits per heavy atom. The van der Waals surface area contributed by atoms with E-state index in [9.17, 15) is 9.59 Å². The second-order valence-electron chi connectivity index (χ2n) is 4.85. The molecular weight excluding hydrogens is 182 g/mol. The molecule has 0 aromatic rings. The molecule has 2 atom stereocenters. The van der Waals surface area contributed by atoms with E-state index in [1.807, 2.05) is 13.8 Å². The van der Waals surface area contributed by atoms with Crippen LogP contribution in [0, 0.1) is 16.7 Å². The molecular formula is C10H17NO3. The van der Waals surface area contributed by atoms with E-state index in [0.29, 0.717) is 12.8 Å². The van der Waals surface area contributed by atoms with Gasteiger partial charge in [-0.25, -0.2) is 0 Å². The van der Waals surface area contributed by atoms with Gasteiger partial charge in [-0.3, -0.25) is 9.59 Å². The van der Waals surface area contributed by atoms with E-state index in [-0.39, 0.29) is 11.8 Å². The van der Waals surface area contributed by atoms with Gasteiger partial charge in [0.2, 0.25) is 5.91 Å². The number of carbonyl (C=O) groups excluding carboxylic acids is 1. The molecule has 0 bridgehead atoms. The summed E-state index contributed by atoms with van der Waals surface area (Å²) in [6, 6.07) is 0. The first-order valence-corrected chi connectivity index (χ1v) is 4.76. The standard InChI is InChI=1S/C10H17NO3/c1-9(2)6(7(11)12)4-5-10(9,3)8(13)14/h6H,4-5H2,1-3H3,(H2,11,12)(H,13,14)/t6-,10+/m0/s1. The highest BCUT2D eigenvalue weighted by molar-refractivity contribution is 5.82. The van der Waals surface area contributed by atoms with Crippen molar-refractivity contribution in [3.63, 3.8) is 0 Å². The van der Waals surface area contributed by atoms with Gasteiger partial charge >= 0.3 is 5.97 Å². The molecule has 1 amide bonds. The number of carbonyl (C=O) groups is 2. The summed E-state index contributed by atoms with van der Waals surface area (Å²) < 4.78 is 0. The zero-order valence-corrected chi connectivity index (χ0v) is 8.83. The average molecular weight is 199 g/mol. The molecule has 0 unspecified atom stereocenters. The normalized spacial score (nSPS) is 35.5. The zero-order chi connectivity index (χ0) is 11.1. The number of rotatable bonds is 2. The molecule has 1 saturated carbocycles. The zero-order valence-electron chi connectivity index (χ0n) is 8.83. The summed E-state index contributed by atoms with van der Waals surface area (Å²) in [4.78, 5) is 22.3. The Hall–Kier alpha value is -1.06. The lowest BCUT2D eigenvalue weighted by molar-refractivity contribution is -0.155. The molecule has 1 aliphatic rings. The maximum atomic E-state index is 11.2. The molecule has 14 heavy (non-hydrogen) atoms. The maximum absolute atomic E-state index is 11.2. The molecule has 0 aromatic carbocycles. The molecule has 0 aliphatic heterocycles. The summed E-state index contributed by atoms with van der Waals surface area (Å²) >= 11 is 0. The van der Waals surface area contributed by atoms with Crippen LogP contribution in [0.4, 0.5) is 0 Å². The van der Waals surface area contributed by atoms with Gasteiger partial charge in [0.05, 0.1) is 5.41 Å². The van der Waals surface area contributed by atoms with E-state index in [0.717, 1.165) is 0 Å². The molecule has 80 valence electrons. The van der Waals surface area contributed by atoms with Crippen molar-refractivity contribution in [1.82, 2.24) is 0 Å². The van der Waals surface area contributed by atoms with Gasteiger partial charge in [-0.2, -0.15) is 0 Å². The van der Waals surface area contributed by atoms with Crippen molar-refractivity contribution in [2.45, 2.75) is 33.6 Å². The van der Waals surface area contributed by atoms with Crippen LogP contribution in [-0.2, 0) is 9.59 Å². The number of aliphatic carboxylic acids is 1. The van der Waals surface area contributed by atoms with Crippen LogP contribution in [0.3, 0.4) is 0 Å². The van der Waals surface area contributed by atoms with Crippen molar-refractivity contribution >= 4 is 11.9 Å². The van der Waals surface area contributed by atoms with E-state index in [4.69, 9.17) is 10.8 Å². The molecule has 0 heterocycles. The van der Waals surface area contributed by atoms with Gasteiger partial charge in [-0.1, -0.05) is 13.8 Å². The summed E-state index contributed by atoms with van der Waals surface area (Å²) in [5, 5.41) is 9.16. The second-order valence-corrected chi connectivity index (χ2v) is 4.85. The SMILES string of the molecule is CC1(C)[C@H](C(N)=O)CC[C@]1(C)C(=O)O. The van der Waals surface area contributed by atoms with Crippen molar-refractivity contribution in [3.05, 3.63) is 0 Å². The van der Waals surface area contributed by atoms with Crippen molar-refractivity contribution in [1.29, 1.82) is 0 Å². The average Bonchev–Trinajstić information content (AvgIpc) is 2.24. The number of hydrogen-bond donors (Lipinski definition) is 2. The number of carboxylic acid groups (broad SMARTS) is 1. The van der Waals surface area contributed by atoms with E-state index in [1.165, 1.54) is 0 Å². The lowest BCUT2D eigenvalue weighted by Crippen LogP contribution is -2.44. The highest BCUT2D eigenvalue weighted by Crippen LogP contribution is 2.55.